The molecule has 2 aromatic carbocycles. The molecule has 0 saturated carbocycles. The first-order valence-electron chi connectivity index (χ1n) is 10.6. The molecular formula is C25H22Cl2N2O6. The highest BCUT2D eigenvalue weighted by atomic mass is 35.5. The fraction of sp³-hybridized carbons (Fsp3) is 0.200. The number of phenolic OH excluding ortho intramolecular Hbond substituents is 1. The normalized spacial score (nSPS) is 12.5. The molecule has 4 N–H and O–H groups in total. The summed E-state index contributed by atoms with van der Waals surface area (Å²) >= 11 is 12.3. The molecule has 0 aromatic heterocycles. The van der Waals surface area contributed by atoms with Gasteiger partial charge in [-0.2, -0.15) is 0 Å². The summed E-state index contributed by atoms with van der Waals surface area (Å²) in [6.45, 7) is 1.17. The molecule has 0 radical (unpaired) electrons. The van der Waals surface area contributed by atoms with Gasteiger partial charge in [-0.25, -0.2) is 4.79 Å². The number of hydrogen-bond acceptors (Lipinski definition) is 7. The molecular weight excluding hydrogens is 495 g/mol. The average molecular weight is 517 g/mol. The van der Waals surface area contributed by atoms with Crippen molar-refractivity contribution in [2.75, 3.05) is 27.2 Å². The van der Waals surface area contributed by atoms with E-state index in [4.69, 9.17) is 27.6 Å². The second-order valence-corrected chi connectivity index (χ2v) is 9.14. The van der Waals surface area contributed by atoms with Crippen LogP contribution in [0.5, 0.6) is 5.75 Å². The molecule has 0 spiro atoms. The van der Waals surface area contributed by atoms with Crippen molar-refractivity contribution < 1.29 is 24.5 Å². The maximum Gasteiger partial charge on any atom is 0.336 e. The lowest BCUT2D eigenvalue weighted by Gasteiger charge is -2.20. The summed E-state index contributed by atoms with van der Waals surface area (Å²) in [5.74, 6) is -1.29. The second kappa shape index (κ2) is 9.85. The number of phenols is 1. The molecule has 1 aliphatic heterocycles. The van der Waals surface area contributed by atoms with Crippen molar-refractivity contribution in [3.63, 3.8) is 0 Å². The zero-order valence-electron chi connectivity index (χ0n) is 18.8. The lowest BCUT2D eigenvalue weighted by Crippen LogP contribution is -2.29. The Kier molecular flexibility index (Phi) is 7.02. The van der Waals surface area contributed by atoms with E-state index in [9.17, 15) is 24.9 Å². The van der Waals surface area contributed by atoms with Crippen molar-refractivity contribution >= 4 is 40.1 Å². The molecule has 35 heavy (non-hydrogen) atoms. The zero-order chi connectivity index (χ0) is 25.4. The first kappa shape index (κ1) is 25.0. The van der Waals surface area contributed by atoms with Crippen LogP contribution in [-0.4, -0.2) is 53.4 Å². The van der Waals surface area contributed by atoms with Crippen molar-refractivity contribution in [2.45, 2.75) is 6.23 Å². The fourth-order valence-electron chi connectivity index (χ4n) is 3.86. The Bertz CT molecular complexity index is 1470. The number of nitrogens with one attached hydrogen (secondary N) is 1. The molecule has 4 rings (SSSR count). The third kappa shape index (κ3) is 4.98. The van der Waals surface area contributed by atoms with E-state index in [2.05, 4.69) is 5.32 Å². The lowest BCUT2D eigenvalue weighted by molar-refractivity contribution is 0.0697. The zero-order valence-corrected chi connectivity index (χ0v) is 20.3. The third-order valence-corrected chi connectivity index (χ3v) is 6.20. The van der Waals surface area contributed by atoms with Gasteiger partial charge in [0.15, 0.2) is 0 Å². The van der Waals surface area contributed by atoms with Crippen LogP contribution in [0.2, 0.25) is 10.0 Å². The predicted octanol–water partition coefficient (Wildman–Crippen LogP) is 4.42. The largest absolute Gasteiger partial charge is 0.506 e. The Balaban J connectivity index is 1.96. The van der Waals surface area contributed by atoms with Crippen LogP contribution in [0.25, 0.3) is 33.4 Å². The van der Waals surface area contributed by atoms with Crippen molar-refractivity contribution in [1.82, 2.24) is 10.2 Å². The third-order valence-electron chi connectivity index (χ3n) is 5.60. The number of rotatable bonds is 7. The number of likely N-dealkylation sites (N-methyl/N-ethyl adjacent to an activating group) is 1. The number of halogens is 2. The summed E-state index contributed by atoms with van der Waals surface area (Å²) in [4.78, 5) is 26.4. The number of carboxylic acid groups (broad SMARTS) is 1. The summed E-state index contributed by atoms with van der Waals surface area (Å²) < 4.78 is 5.83. The second-order valence-electron chi connectivity index (χ2n) is 8.33. The van der Waals surface area contributed by atoms with Crippen molar-refractivity contribution in [1.29, 1.82) is 0 Å². The van der Waals surface area contributed by atoms with Crippen LogP contribution in [-0.2, 0) is 0 Å². The van der Waals surface area contributed by atoms with Crippen LogP contribution in [0, 0.1) is 0 Å². The molecule has 0 fully saturated rings. The van der Waals surface area contributed by atoms with Crippen LogP contribution in [0.3, 0.4) is 0 Å². The summed E-state index contributed by atoms with van der Waals surface area (Å²) in [6.07, 6.45) is -1.08. The highest BCUT2D eigenvalue weighted by Crippen LogP contribution is 2.44. The van der Waals surface area contributed by atoms with Gasteiger partial charge in [-0.05, 0) is 43.4 Å². The van der Waals surface area contributed by atoms with E-state index in [0.29, 0.717) is 40.7 Å². The molecule has 0 bridgehead atoms. The van der Waals surface area contributed by atoms with E-state index >= 15 is 0 Å². The van der Waals surface area contributed by atoms with Crippen molar-refractivity contribution in [2.24, 2.45) is 0 Å². The van der Waals surface area contributed by atoms with Gasteiger partial charge in [-0.15, -0.1) is 0 Å². The molecule has 2 aromatic rings. The standard InChI is InChI=1S/C25H22Cl2N2O6/c1-29(2)6-5-28-24(32)12-3-4-13(14(7-12)25(33)34)23-15-8-17(26)19(30)10-21(15)35-22-11-20(31)18(27)9-16(22)23/h3-4,7-11,24,28,30,32H,5-6H2,1-2H3,(H,33,34). The number of aliphatic hydroxyl groups excluding tert-OH is 1. The highest BCUT2D eigenvalue weighted by Gasteiger charge is 2.24. The van der Waals surface area contributed by atoms with Crippen LogP contribution in [0.15, 0.2) is 51.7 Å². The Hall–Kier alpha value is -3.14. The average Bonchev–Trinajstić information content (AvgIpc) is 2.79. The SMILES string of the molecule is CN(C)CCNC(O)c1ccc(-c2c3cc(Cl)c(=O)cc-3oc3cc(O)c(Cl)cc23)c(C(=O)O)c1. The minimum atomic E-state index is -1.22. The number of benzene rings is 3. The monoisotopic (exact) mass is 516 g/mol. The Morgan fingerprint density at radius 3 is 2.51 bits per heavy atom. The Labute approximate surface area is 210 Å². The molecule has 182 valence electrons. The van der Waals surface area contributed by atoms with Gasteiger partial charge in [-0.3, -0.25) is 10.1 Å². The van der Waals surface area contributed by atoms with Gasteiger partial charge in [0.25, 0.3) is 0 Å². The number of nitrogens with zero attached hydrogens (tertiary/aromatic N) is 1. The fourth-order valence-corrected chi connectivity index (χ4v) is 4.19. The number of fused-ring (bicyclic) bond motifs is 2. The van der Waals surface area contributed by atoms with Crippen LogP contribution < -0.4 is 10.7 Å². The number of aromatic hydroxyl groups is 1. The summed E-state index contributed by atoms with van der Waals surface area (Å²) in [6, 6.07) is 9.95. The van der Waals surface area contributed by atoms with Gasteiger partial charge >= 0.3 is 5.97 Å². The summed E-state index contributed by atoms with van der Waals surface area (Å²) in [5.41, 5.74) is 1.11. The van der Waals surface area contributed by atoms with Crippen molar-refractivity contribution in [3.05, 3.63) is 73.9 Å². The smallest absolute Gasteiger partial charge is 0.336 e. The molecule has 2 aliphatic rings. The van der Waals surface area contributed by atoms with E-state index in [1.54, 1.807) is 12.1 Å². The summed E-state index contributed by atoms with van der Waals surface area (Å²) in [7, 11) is 3.81. The van der Waals surface area contributed by atoms with E-state index in [1.807, 2.05) is 19.0 Å². The number of aliphatic hydroxyl groups is 1. The van der Waals surface area contributed by atoms with Crippen LogP contribution in [0.4, 0.5) is 0 Å². The molecule has 1 unspecified atom stereocenters. The molecule has 10 heteroatoms. The lowest BCUT2D eigenvalue weighted by atomic mass is 9.89. The predicted molar refractivity (Wildman–Crippen MR) is 135 cm³/mol. The number of hydrogen-bond donors (Lipinski definition) is 4. The van der Waals surface area contributed by atoms with E-state index in [0.717, 1.165) is 0 Å². The quantitative estimate of drug-likeness (QED) is 0.210. The first-order valence-corrected chi connectivity index (χ1v) is 11.3. The van der Waals surface area contributed by atoms with Gasteiger partial charge < -0.3 is 24.6 Å². The van der Waals surface area contributed by atoms with Crippen LogP contribution in [0.1, 0.15) is 22.1 Å². The molecule has 1 heterocycles. The molecule has 1 atom stereocenters. The molecule has 8 nitrogen and oxygen atoms in total. The van der Waals surface area contributed by atoms with E-state index < -0.39 is 17.6 Å². The minimum Gasteiger partial charge on any atom is -0.506 e. The maximum atomic E-state index is 12.3. The topological polar surface area (TPSA) is 123 Å². The van der Waals surface area contributed by atoms with Gasteiger partial charge in [0.2, 0.25) is 5.43 Å². The van der Waals surface area contributed by atoms with E-state index in [1.165, 1.54) is 30.3 Å². The van der Waals surface area contributed by atoms with Gasteiger partial charge in [0.05, 0.1) is 15.6 Å². The van der Waals surface area contributed by atoms with Crippen LogP contribution >= 0.6 is 23.2 Å². The highest BCUT2D eigenvalue weighted by molar-refractivity contribution is 6.33. The maximum absolute atomic E-state index is 12.3. The van der Waals surface area contributed by atoms with Gasteiger partial charge in [-0.1, -0.05) is 35.3 Å². The van der Waals surface area contributed by atoms with Crippen molar-refractivity contribution in [3.8, 4) is 28.2 Å². The molecule has 0 saturated heterocycles. The van der Waals surface area contributed by atoms with Gasteiger partial charge in [0.1, 0.15) is 23.3 Å². The summed E-state index contributed by atoms with van der Waals surface area (Å²) in [5, 5.41) is 34.0. The molecule has 1 aliphatic carbocycles. The first-order chi connectivity index (χ1) is 16.6. The Morgan fingerprint density at radius 2 is 1.83 bits per heavy atom. The number of aromatic carboxylic acids is 1. The van der Waals surface area contributed by atoms with E-state index in [-0.39, 0.29) is 32.7 Å². The number of carbonyl (C=O) groups is 1. The minimum absolute atomic E-state index is 0.0360. The van der Waals surface area contributed by atoms with Gasteiger partial charge in [0, 0.05) is 41.7 Å². The Morgan fingerprint density at radius 1 is 1.09 bits per heavy atom. The number of carboxylic acids is 1. The molecule has 0 amide bonds.